The molecule has 5 heteroatoms. The van der Waals surface area contributed by atoms with E-state index in [9.17, 15) is 9.90 Å². The van der Waals surface area contributed by atoms with Crippen molar-refractivity contribution in [3.8, 4) is 16.9 Å². The molecule has 2 N–H and O–H groups in total. The molecule has 1 heterocycles. The molecule has 0 radical (unpaired) electrons. The highest BCUT2D eigenvalue weighted by Gasteiger charge is 2.10. The topological polar surface area (TPSA) is 71.7 Å². The van der Waals surface area contributed by atoms with E-state index in [0.29, 0.717) is 29.4 Å². The molecule has 3 aromatic rings. The number of ether oxygens (including phenoxy) is 1. The number of fused-ring (bicyclic) bond motifs is 1. The molecule has 1 aromatic heterocycles. The van der Waals surface area contributed by atoms with Crippen molar-refractivity contribution in [3.63, 3.8) is 0 Å². The van der Waals surface area contributed by atoms with E-state index >= 15 is 0 Å². The Kier molecular flexibility index (Phi) is 6.27. The van der Waals surface area contributed by atoms with Crippen molar-refractivity contribution in [1.29, 1.82) is 0 Å². The Morgan fingerprint density at radius 3 is 2.59 bits per heavy atom. The van der Waals surface area contributed by atoms with Crippen LogP contribution in [0.1, 0.15) is 13.8 Å². The minimum absolute atomic E-state index is 0.170. The molecule has 0 amide bonds. The maximum absolute atomic E-state index is 12.3. The van der Waals surface area contributed by atoms with Gasteiger partial charge in [-0.05, 0) is 36.2 Å². The summed E-state index contributed by atoms with van der Waals surface area (Å²) in [7, 11) is 0. The molecule has 0 saturated carbocycles. The van der Waals surface area contributed by atoms with Gasteiger partial charge in [-0.1, -0.05) is 44.2 Å². The lowest BCUT2D eigenvalue weighted by atomic mass is 10.1. The van der Waals surface area contributed by atoms with Crippen LogP contribution in [0.5, 0.6) is 5.75 Å². The Bertz CT molecular complexity index is 934. The monoisotopic (exact) mass is 367 g/mol. The number of hydrogen-bond donors (Lipinski definition) is 2. The Hall–Kier alpha value is -2.63. The van der Waals surface area contributed by atoms with Crippen LogP contribution in [0, 0.1) is 5.92 Å². The van der Waals surface area contributed by atoms with Gasteiger partial charge in [0, 0.05) is 18.0 Å². The fourth-order valence-electron chi connectivity index (χ4n) is 2.79. The first-order valence-electron chi connectivity index (χ1n) is 9.18. The number of rotatable bonds is 8. The van der Waals surface area contributed by atoms with Gasteiger partial charge in [0.05, 0.1) is 5.56 Å². The first kappa shape index (κ1) is 19.1. The van der Waals surface area contributed by atoms with Gasteiger partial charge in [-0.15, -0.1) is 0 Å². The molecule has 0 aliphatic carbocycles. The molecule has 0 aliphatic rings. The minimum Gasteiger partial charge on any atom is -0.491 e. The summed E-state index contributed by atoms with van der Waals surface area (Å²) in [5, 5.41) is 14.0. The van der Waals surface area contributed by atoms with Crippen molar-refractivity contribution in [3.05, 3.63) is 65.0 Å². The maximum Gasteiger partial charge on any atom is 0.344 e. The Morgan fingerprint density at radius 1 is 1.07 bits per heavy atom. The van der Waals surface area contributed by atoms with Crippen LogP contribution < -0.4 is 15.7 Å². The Morgan fingerprint density at radius 2 is 1.85 bits per heavy atom. The third-order valence-electron chi connectivity index (χ3n) is 4.17. The zero-order valence-corrected chi connectivity index (χ0v) is 15.6. The molecule has 1 unspecified atom stereocenters. The van der Waals surface area contributed by atoms with Crippen molar-refractivity contribution in [2.75, 3.05) is 19.7 Å². The highest BCUT2D eigenvalue weighted by molar-refractivity contribution is 5.82. The summed E-state index contributed by atoms with van der Waals surface area (Å²) in [6.45, 7) is 5.72. The number of nitrogens with one attached hydrogen (secondary N) is 1. The third kappa shape index (κ3) is 5.18. The average Bonchev–Trinajstić information content (AvgIpc) is 2.66. The van der Waals surface area contributed by atoms with Crippen molar-refractivity contribution in [2.45, 2.75) is 20.0 Å². The normalized spacial score (nSPS) is 12.4. The molecular weight excluding hydrogens is 342 g/mol. The average molecular weight is 367 g/mol. The summed E-state index contributed by atoms with van der Waals surface area (Å²) in [6.07, 6.45) is -0.605. The minimum atomic E-state index is -0.605. The van der Waals surface area contributed by atoms with E-state index in [1.165, 1.54) is 0 Å². The van der Waals surface area contributed by atoms with Gasteiger partial charge in [-0.25, -0.2) is 4.79 Å². The summed E-state index contributed by atoms with van der Waals surface area (Å²) in [5.74, 6) is 1.09. The quantitative estimate of drug-likeness (QED) is 0.597. The van der Waals surface area contributed by atoms with Crippen molar-refractivity contribution < 1.29 is 14.3 Å². The number of aliphatic hydroxyl groups is 1. The fourth-order valence-corrected chi connectivity index (χ4v) is 2.79. The van der Waals surface area contributed by atoms with Crippen LogP contribution in [0.4, 0.5) is 0 Å². The van der Waals surface area contributed by atoms with Crippen LogP contribution in [0.2, 0.25) is 0 Å². The summed E-state index contributed by atoms with van der Waals surface area (Å²) in [6, 6.07) is 16.6. The molecule has 0 fully saturated rings. The van der Waals surface area contributed by atoms with E-state index in [4.69, 9.17) is 9.15 Å². The van der Waals surface area contributed by atoms with E-state index < -0.39 is 6.10 Å². The number of aliphatic hydroxyl groups excluding tert-OH is 1. The second-order valence-corrected chi connectivity index (χ2v) is 7.03. The van der Waals surface area contributed by atoms with Crippen molar-refractivity contribution in [1.82, 2.24) is 5.32 Å². The largest absolute Gasteiger partial charge is 0.491 e. The van der Waals surface area contributed by atoms with Crippen LogP contribution in [0.15, 0.2) is 63.8 Å². The second kappa shape index (κ2) is 8.84. The van der Waals surface area contributed by atoms with Gasteiger partial charge in [0.15, 0.2) is 0 Å². The van der Waals surface area contributed by atoms with Gasteiger partial charge in [0.2, 0.25) is 0 Å². The van der Waals surface area contributed by atoms with E-state index in [-0.39, 0.29) is 12.2 Å². The van der Waals surface area contributed by atoms with Gasteiger partial charge in [-0.2, -0.15) is 0 Å². The van der Waals surface area contributed by atoms with E-state index in [2.05, 4.69) is 19.2 Å². The highest BCUT2D eigenvalue weighted by Crippen LogP contribution is 2.24. The number of hydrogen-bond acceptors (Lipinski definition) is 5. The van der Waals surface area contributed by atoms with Gasteiger partial charge in [-0.3, -0.25) is 0 Å². The predicted octanol–water partition coefficient (Wildman–Crippen LogP) is 3.45. The molecule has 27 heavy (non-hydrogen) atoms. The Balaban J connectivity index is 1.70. The lowest BCUT2D eigenvalue weighted by Gasteiger charge is -2.14. The summed E-state index contributed by atoms with van der Waals surface area (Å²) in [4.78, 5) is 12.3. The molecule has 2 aromatic carbocycles. The van der Waals surface area contributed by atoms with E-state index in [1.807, 2.05) is 48.5 Å². The molecule has 1 atom stereocenters. The molecule has 142 valence electrons. The first-order valence-corrected chi connectivity index (χ1v) is 9.18. The van der Waals surface area contributed by atoms with Gasteiger partial charge in [0.25, 0.3) is 0 Å². The van der Waals surface area contributed by atoms with E-state index in [0.717, 1.165) is 17.5 Å². The van der Waals surface area contributed by atoms with Crippen LogP contribution in [-0.2, 0) is 0 Å². The summed E-state index contributed by atoms with van der Waals surface area (Å²) >= 11 is 0. The smallest absolute Gasteiger partial charge is 0.344 e. The molecule has 5 nitrogen and oxygen atoms in total. The molecular formula is C22H25NO4. The summed E-state index contributed by atoms with van der Waals surface area (Å²) in [5.41, 5.74) is 1.43. The molecule has 0 aliphatic heterocycles. The second-order valence-electron chi connectivity index (χ2n) is 7.03. The van der Waals surface area contributed by atoms with Gasteiger partial charge < -0.3 is 19.6 Å². The van der Waals surface area contributed by atoms with Crippen LogP contribution >= 0.6 is 0 Å². The lowest BCUT2D eigenvalue weighted by Crippen LogP contribution is -2.33. The third-order valence-corrected chi connectivity index (χ3v) is 4.17. The van der Waals surface area contributed by atoms with Crippen molar-refractivity contribution in [2.24, 2.45) is 5.92 Å². The molecule has 0 bridgehead atoms. The van der Waals surface area contributed by atoms with Crippen LogP contribution in [0.25, 0.3) is 22.1 Å². The van der Waals surface area contributed by atoms with E-state index in [1.54, 1.807) is 6.07 Å². The van der Waals surface area contributed by atoms with Crippen molar-refractivity contribution >= 4 is 11.0 Å². The predicted molar refractivity (Wildman–Crippen MR) is 107 cm³/mol. The maximum atomic E-state index is 12.3. The number of benzene rings is 2. The first-order chi connectivity index (χ1) is 13.0. The molecule has 3 rings (SSSR count). The lowest BCUT2D eigenvalue weighted by molar-refractivity contribution is 0.106. The Labute approximate surface area is 158 Å². The van der Waals surface area contributed by atoms with Gasteiger partial charge >= 0.3 is 5.63 Å². The summed E-state index contributed by atoms with van der Waals surface area (Å²) < 4.78 is 11.1. The fraction of sp³-hybridized carbons (Fsp3) is 0.318. The van der Waals surface area contributed by atoms with Crippen LogP contribution in [-0.4, -0.2) is 30.9 Å². The molecule has 0 spiro atoms. The zero-order chi connectivity index (χ0) is 19.2. The van der Waals surface area contributed by atoms with Crippen LogP contribution in [0.3, 0.4) is 0 Å². The standard InChI is InChI=1S/C22H25NO4/c1-15(2)12-23-13-18(24)14-26-19-9-8-17-10-20(16-6-4-3-5-7-16)22(25)27-21(17)11-19/h3-11,15,18,23-24H,12-14H2,1-2H3. The zero-order valence-electron chi connectivity index (χ0n) is 15.6. The van der Waals surface area contributed by atoms with Gasteiger partial charge in [0.1, 0.15) is 24.0 Å². The highest BCUT2D eigenvalue weighted by atomic mass is 16.5. The molecule has 0 saturated heterocycles. The SMILES string of the molecule is CC(C)CNCC(O)COc1ccc2cc(-c3ccccc3)c(=O)oc2c1.